The van der Waals surface area contributed by atoms with Gasteiger partial charge in [-0.25, -0.2) is 9.59 Å². The Balaban J connectivity index is 0.000000399. The molecule has 1 rings (SSSR count). The van der Waals surface area contributed by atoms with Crippen LogP contribution >= 0.6 is 0 Å². The average molecular weight is 272 g/mol. The van der Waals surface area contributed by atoms with Gasteiger partial charge in [0.1, 0.15) is 0 Å². The van der Waals surface area contributed by atoms with Gasteiger partial charge in [0, 0.05) is 0 Å². The van der Waals surface area contributed by atoms with Crippen LogP contribution in [0.15, 0.2) is 24.3 Å². The minimum atomic E-state index is -1.13. The number of carbonyl (C=O) groups is 2. The maximum absolute atomic E-state index is 10.4. The lowest BCUT2D eigenvalue weighted by Gasteiger charge is -1.95. The third kappa shape index (κ3) is 7.87. The van der Waals surface area contributed by atoms with E-state index in [1.54, 1.807) is 0 Å². The van der Waals surface area contributed by atoms with E-state index in [1.807, 2.05) is 0 Å². The third-order valence-electron chi connectivity index (χ3n) is 1.83. The molecule has 0 aliphatic rings. The summed E-state index contributed by atoms with van der Waals surface area (Å²) in [6.45, 7) is 0.696. The number of hydrogen-bond acceptors (Lipinski definition) is 5. The lowest BCUT2D eigenvalue weighted by Crippen LogP contribution is -2.03. The first-order valence-electron chi connectivity index (χ1n) is 5.39. The molecule has 0 amide bonds. The van der Waals surface area contributed by atoms with Gasteiger partial charge < -0.3 is 25.2 Å². The van der Waals surface area contributed by atoms with Crippen molar-refractivity contribution in [3.05, 3.63) is 35.4 Å². The van der Waals surface area contributed by atoms with Crippen LogP contribution in [0, 0.1) is 0 Å². The molecule has 7 heteroatoms. The van der Waals surface area contributed by atoms with Crippen LogP contribution in [0.5, 0.6) is 0 Å². The number of carboxylic acids is 2. The molecule has 19 heavy (non-hydrogen) atoms. The smallest absolute Gasteiger partial charge is 0.335 e. The first-order valence-corrected chi connectivity index (χ1v) is 5.39. The Kier molecular flexibility index (Phi) is 8.98. The van der Waals surface area contributed by atoms with Crippen molar-refractivity contribution in [2.24, 2.45) is 0 Å². The average Bonchev–Trinajstić information content (AvgIpc) is 2.40. The number of benzene rings is 1. The van der Waals surface area contributed by atoms with Gasteiger partial charge in [0.25, 0.3) is 0 Å². The molecular weight excluding hydrogens is 256 g/mol. The Labute approximate surface area is 109 Å². The highest BCUT2D eigenvalue weighted by Gasteiger charge is 2.06. The van der Waals surface area contributed by atoms with E-state index in [0.717, 1.165) is 6.07 Å². The fraction of sp³-hybridized carbons (Fsp3) is 0.333. The van der Waals surface area contributed by atoms with E-state index in [1.165, 1.54) is 18.2 Å². The molecule has 0 heterocycles. The van der Waals surface area contributed by atoms with Gasteiger partial charge in [-0.15, -0.1) is 0 Å². The molecule has 0 radical (unpaired) electrons. The van der Waals surface area contributed by atoms with Crippen LogP contribution in [0.4, 0.5) is 0 Å². The summed E-state index contributed by atoms with van der Waals surface area (Å²) < 4.78 is 4.63. The largest absolute Gasteiger partial charge is 0.478 e. The zero-order chi connectivity index (χ0) is 14.7. The Morgan fingerprint density at radius 3 is 1.68 bits per heavy atom. The molecule has 0 bridgehead atoms. The first kappa shape index (κ1) is 17.0. The summed E-state index contributed by atoms with van der Waals surface area (Å²) in [5.41, 5.74) is -0.0372. The van der Waals surface area contributed by atoms with E-state index in [0.29, 0.717) is 13.2 Å². The SMILES string of the molecule is O=C(O)c1cccc(C(=O)O)c1.OCCOCCO. The maximum atomic E-state index is 10.4. The molecule has 0 aliphatic heterocycles. The first-order chi connectivity index (χ1) is 9.02. The van der Waals surface area contributed by atoms with Crippen molar-refractivity contribution in [1.82, 2.24) is 0 Å². The van der Waals surface area contributed by atoms with E-state index in [9.17, 15) is 9.59 Å². The summed E-state index contributed by atoms with van der Waals surface area (Å²) in [6.07, 6.45) is 0. The van der Waals surface area contributed by atoms with Gasteiger partial charge in [-0.3, -0.25) is 0 Å². The molecule has 0 saturated carbocycles. The highest BCUT2D eigenvalue weighted by atomic mass is 16.5. The Morgan fingerprint density at radius 1 is 0.947 bits per heavy atom. The quantitative estimate of drug-likeness (QED) is 0.540. The van der Waals surface area contributed by atoms with Crippen LogP contribution < -0.4 is 0 Å². The normalized spacial score (nSPS) is 9.37. The summed E-state index contributed by atoms with van der Waals surface area (Å²) in [6, 6.07) is 5.20. The van der Waals surface area contributed by atoms with Crippen molar-refractivity contribution in [3.63, 3.8) is 0 Å². The summed E-state index contributed by atoms with van der Waals surface area (Å²) >= 11 is 0. The molecule has 0 aromatic heterocycles. The van der Waals surface area contributed by atoms with Crippen LogP contribution in [0.2, 0.25) is 0 Å². The number of carboxylic acid groups (broad SMARTS) is 2. The predicted molar refractivity (Wildman–Crippen MR) is 65.4 cm³/mol. The van der Waals surface area contributed by atoms with Crippen molar-refractivity contribution in [2.45, 2.75) is 0 Å². The highest BCUT2D eigenvalue weighted by Crippen LogP contribution is 2.04. The molecule has 0 aliphatic carbocycles. The molecule has 1 aromatic carbocycles. The van der Waals surface area contributed by atoms with Crippen LogP contribution in [-0.4, -0.2) is 58.8 Å². The predicted octanol–water partition coefficient (Wildman–Crippen LogP) is 0.0706. The molecule has 4 N–H and O–H groups in total. The fourth-order valence-corrected chi connectivity index (χ4v) is 1.02. The number of aliphatic hydroxyl groups excluding tert-OH is 2. The molecule has 106 valence electrons. The lowest BCUT2D eigenvalue weighted by molar-refractivity contribution is 0.0650. The summed E-state index contributed by atoms with van der Waals surface area (Å²) in [5, 5.41) is 33.2. The Morgan fingerprint density at radius 2 is 1.37 bits per heavy atom. The van der Waals surface area contributed by atoms with E-state index in [-0.39, 0.29) is 24.3 Å². The summed E-state index contributed by atoms with van der Waals surface area (Å²) in [4.78, 5) is 20.8. The maximum Gasteiger partial charge on any atom is 0.335 e. The second-order valence-electron chi connectivity index (χ2n) is 3.25. The monoisotopic (exact) mass is 272 g/mol. The van der Waals surface area contributed by atoms with Gasteiger partial charge in [0.15, 0.2) is 0 Å². The Bertz CT molecular complexity index is 370. The molecule has 0 fully saturated rings. The number of aliphatic hydroxyl groups is 2. The number of rotatable bonds is 6. The molecular formula is C12H16O7. The number of ether oxygens (including phenoxy) is 1. The number of hydrogen-bond donors (Lipinski definition) is 4. The van der Waals surface area contributed by atoms with Crippen molar-refractivity contribution < 1.29 is 34.8 Å². The zero-order valence-corrected chi connectivity index (χ0v) is 10.2. The highest BCUT2D eigenvalue weighted by molar-refractivity contribution is 5.93. The minimum absolute atomic E-state index is 0.0186. The molecule has 7 nitrogen and oxygen atoms in total. The topological polar surface area (TPSA) is 124 Å². The zero-order valence-electron chi connectivity index (χ0n) is 10.2. The van der Waals surface area contributed by atoms with Gasteiger partial charge in [-0.1, -0.05) is 6.07 Å². The van der Waals surface area contributed by atoms with E-state index < -0.39 is 11.9 Å². The molecule has 0 spiro atoms. The van der Waals surface area contributed by atoms with Gasteiger partial charge in [0.2, 0.25) is 0 Å². The number of aromatic carboxylic acids is 2. The second kappa shape index (κ2) is 10.0. The van der Waals surface area contributed by atoms with E-state index in [2.05, 4.69) is 4.74 Å². The molecule has 0 saturated heterocycles. The van der Waals surface area contributed by atoms with Gasteiger partial charge in [-0.2, -0.15) is 0 Å². The third-order valence-corrected chi connectivity index (χ3v) is 1.83. The van der Waals surface area contributed by atoms with Gasteiger partial charge >= 0.3 is 11.9 Å². The van der Waals surface area contributed by atoms with Crippen LogP contribution in [0.3, 0.4) is 0 Å². The van der Waals surface area contributed by atoms with Crippen molar-refractivity contribution in [2.75, 3.05) is 26.4 Å². The molecule has 0 unspecified atom stereocenters. The van der Waals surface area contributed by atoms with Crippen molar-refractivity contribution in [1.29, 1.82) is 0 Å². The second-order valence-corrected chi connectivity index (χ2v) is 3.25. The standard InChI is InChI=1S/C8H6O4.C4H10O3/c9-7(10)5-2-1-3-6(4-5)8(11)12;5-1-3-7-4-2-6/h1-4H,(H,9,10)(H,11,12);5-6H,1-4H2. The Hall–Kier alpha value is -1.96. The van der Waals surface area contributed by atoms with Crippen LogP contribution in [-0.2, 0) is 4.74 Å². The summed E-state index contributed by atoms with van der Waals surface area (Å²) in [7, 11) is 0. The van der Waals surface area contributed by atoms with Crippen LogP contribution in [0.1, 0.15) is 20.7 Å². The minimum Gasteiger partial charge on any atom is -0.478 e. The fourth-order valence-electron chi connectivity index (χ4n) is 1.02. The molecule has 0 atom stereocenters. The van der Waals surface area contributed by atoms with Crippen molar-refractivity contribution >= 4 is 11.9 Å². The molecule has 1 aromatic rings. The van der Waals surface area contributed by atoms with E-state index >= 15 is 0 Å². The van der Waals surface area contributed by atoms with Gasteiger partial charge in [-0.05, 0) is 18.2 Å². The summed E-state index contributed by atoms with van der Waals surface area (Å²) in [5.74, 6) is -2.25. The van der Waals surface area contributed by atoms with Crippen molar-refractivity contribution in [3.8, 4) is 0 Å². The lowest BCUT2D eigenvalue weighted by atomic mass is 10.1. The van der Waals surface area contributed by atoms with Gasteiger partial charge in [0.05, 0.1) is 37.6 Å². The van der Waals surface area contributed by atoms with Crippen LogP contribution in [0.25, 0.3) is 0 Å². The van der Waals surface area contributed by atoms with E-state index in [4.69, 9.17) is 20.4 Å².